The molecule has 0 bridgehead atoms. The molecule has 1 rings (SSSR count). The maximum absolute atomic E-state index is 5.32. The van der Waals surface area contributed by atoms with Crippen molar-refractivity contribution in [1.29, 1.82) is 0 Å². The van der Waals surface area contributed by atoms with Crippen LogP contribution in [0.15, 0.2) is 23.2 Å². The van der Waals surface area contributed by atoms with E-state index >= 15 is 0 Å². The first kappa shape index (κ1) is 18.5. The first-order valence-corrected chi connectivity index (χ1v) is 8.90. The minimum atomic E-state index is 0.698. The molecule has 0 radical (unpaired) electrons. The number of nitrogens with zero attached hydrogens (tertiary/aromatic N) is 1. The molecule has 0 saturated carbocycles. The Labute approximate surface area is 137 Å². The topological polar surface area (TPSA) is 54.9 Å². The Morgan fingerprint density at radius 2 is 1.95 bits per heavy atom. The van der Waals surface area contributed by atoms with E-state index in [0.29, 0.717) is 11.5 Å². The Balaban J connectivity index is 2.67. The van der Waals surface area contributed by atoms with E-state index in [1.54, 1.807) is 14.2 Å². The van der Waals surface area contributed by atoms with Crippen LogP contribution in [0.3, 0.4) is 0 Å². The molecule has 0 amide bonds. The predicted molar refractivity (Wildman–Crippen MR) is 96.8 cm³/mol. The Morgan fingerprint density at radius 1 is 1.18 bits per heavy atom. The number of ether oxygens (including phenoxy) is 2. The molecular formula is C16H27N3O2S. The van der Waals surface area contributed by atoms with E-state index in [-0.39, 0.29) is 0 Å². The number of benzene rings is 1. The van der Waals surface area contributed by atoms with Gasteiger partial charge in [0.2, 0.25) is 0 Å². The van der Waals surface area contributed by atoms with Gasteiger partial charge in [-0.15, -0.1) is 0 Å². The van der Waals surface area contributed by atoms with Crippen LogP contribution < -0.4 is 20.1 Å². The molecule has 0 heterocycles. The van der Waals surface area contributed by atoms with Gasteiger partial charge in [-0.1, -0.05) is 0 Å². The summed E-state index contributed by atoms with van der Waals surface area (Å²) >= 11 is 1.88. The highest BCUT2D eigenvalue weighted by atomic mass is 32.2. The average molecular weight is 325 g/mol. The lowest BCUT2D eigenvalue weighted by atomic mass is 10.2. The van der Waals surface area contributed by atoms with Crippen LogP contribution in [0.1, 0.15) is 19.8 Å². The number of unbranched alkanes of at least 4 members (excludes halogenated alkanes) is 1. The van der Waals surface area contributed by atoms with Crippen molar-refractivity contribution < 1.29 is 9.47 Å². The van der Waals surface area contributed by atoms with Crippen molar-refractivity contribution in [2.24, 2.45) is 4.99 Å². The van der Waals surface area contributed by atoms with Gasteiger partial charge in [-0.05, 0) is 43.9 Å². The molecule has 6 heteroatoms. The molecule has 0 spiro atoms. The fourth-order valence-corrected chi connectivity index (χ4v) is 2.40. The van der Waals surface area contributed by atoms with Gasteiger partial charge in [0.1, 0.15) is 0 Å². The highest BCUT2D eigenvalue weighted by Gasteiger charge is 2.06. The van der Waals surface area contributed by atoms with Crippen LogP contribution >= 0.6 is 11.8 Å². The smallest absolute Gasteiger partial charge is 0.195 e. The van der Waals surface area contributed by atoms with Crippen molar-refractivity contribution in [2.75, 3.05) is 44.6 Å². The third-order valence-electron chi connectivity index (χ3n) is 3.02. The zero-order chi connectivity index (χ0) is 16.2. The lowest BCUT2D eigenvalue weighted by Gasteiger charge is -2.13. The molecule has 0 unspecified atom stereocenters. The minimum Gasteiger partial charge on any atom is -0.493 e. The van der Waals surface area contributed by atoms with Gasteiger partial charge >= 0.3 is 0 Å². The van der Waals surface area contributed by atoms with Gasteiger partial charge in [0, 0.05) is 24.8 Å². The molecule has 1 aromatic rings. The lowest BCUT2D eigenvalue weighted by Crippen LogP contribution is -2.30. The molecule has 2 N–H and O–H groups in total. The summed E-state index contributed by atoms with van der Waals surface area (Å²) in [5.74, 6) is 3.39. The fraction of sp³-hybridized carbons (Fsp3) is 0.562. The molecule has 0 saturated heterocycles. The monoisotopic (exact) mass is 325 g/mol. The van der Waals surface area contributed by atoms with Crippen LogP contribution in [0.25, 0.3) is 0 Å². The predicted octanol–water partition coefficient (Wildman–Crippen LogP) is 3.22. The normalized spacial score (nSPS) is 11.2. The lowest BCUT2D eigenvalue weighted by molar-refractivity contribution is 0.355. The number of hydrogen-bond donors (Lipinski definition) is 2. The van der Waals surface area contributed by atoms with Gasteiger partial charge < -0.3 is 20.1 Å². The summed E-state index contributed by atoms with van der Waals surface area (Å²) in [5.41, 5.74) is 0.918. The largest absolute Gasteiger partial charge is 0.493 e. The van der Waals surface area contributed by atoms with E-state index < -0.39 is 0 Å². The number of nitrogens with one attached hydrogen (secondary N) is 2. The number of methoxy groups -OCH3 is 2. The molecule has 5 nitrogen and oxygen atoms in total. The number of rotatable bonds is 9. The Hall–Kier alpha value is -1.56. The number of aliphatic imine (C=N–C) groups is 1. The zero-order valence-electron chi connectivity index (χ0n) is 13.9. The van der Waals surface area contributed by atoms with Crippen LogP contribution in [0.2, 0.25) is 0 Å². The second-order valence-corrected chi connectivity index (χ2v) is 5.64. The first-order chi connectivity index (χ1) is 10.7. The van der Waals surface area contributed by atoms with Crippen LogP contribution in [0, 0.1) is 0 Å². The molecular weight excluding hydrogens is 298 g/mol. The molecule has 0 aliphatic rings. The van der Waals surface area contributed by atoms with E-state index in [9.17, 15) is 0 Å². The summed E-state index contributed by atoms with van der Waals surface area (Å²) in [6.45, 7) is 3.70. The van der Waals surface area contributed by atoms with Crippen LogP contribution in [0.5, 0.6) is 11.5 Å². The molecule has 0 aliphatic carbocycles. The molecule has 124 valence electrons. The SMILES string of the molecule is CCNC(=NCCCCSC)Nc1ccc(OC)c(OC)c1. The van der Waals surface area contributed by atoms with Crippen molar-refractivity contribution >= 4 is 23.4 Å². The van der Waals surface area contributed by atoms with Crippen molar-refractivity contribution in [1.82, 2.24) is 5.32 Å². The van der Waals surface area contributed by atoms with Crippen LogP contribution in [0.4, 0.5) is 5.69 Å². The Kier molecular flexibility index (Phi) is 9.30. The molecule has 0 aromatic heterocycles. The van der Waals surface area contributed by atoms with E-state index in [1.165, 1.54) is 12.2 Å². The molecule has 1 aromatic carbocycles. The van der Waals surface area contributed by atoms with Gasteiger partial charge in [0.15, 0.2) is 17.5 Å². The summed E-state index contributed by atoms with van der Waals surface area (Å²) < 4.78 is 10.6. The van der Waals surface area contributed by atoms with Crippen molar-refractivity contribution in [2.45, 2.75) is 19.8 Å². The number of thioether (sulfide) groups is 1. The summed E-state index contributed by atoms with van der Waals surface area (Å²) in [4.78, 5) is 4.59. The Morgan fingerprint density at radius 3 is 2.59 bits per heavy atom. The van der Waals surface area contributed by atoms with E-state index in [4.69, 9.17) is 9.47 Å². The van der Waals surface area contributed by atoms with E-state index in [1.807, 2.05) is 30.0 Å². The second-order valence-electron chi connectivity index (χ2n) is 4.66. The highest BCUT2D eigenvalue weighted by Crippen LogP contribution is 2.29. The van der Waals surface area contributed by atoms with Gasteiger partial charge in [0.25, 0.3) is 0 Å². The molecule has 0 fully saturated rings. The fourth-order valence-electron chi connectivity index (χ4n) is 1.91. The van der Waals surface area contributed by atoms with Crippen molar-refractivity contribution in [3.63, 3.8) is 0 Å². The summed E-state index contributed by atoms with van der Waals surface area (Å²) in [6, 6.07) is 5.73. The van der Waals surface area contributed by atoms with Gasteiger partial charge in [-0.3, -0.25) is 4.99 Å². The summed E-state index contributed by atoms with van der Waals surface area (Å²) in [6.07, 6.45) is 4.43. The quantitative estimate of drug-likeness (QED) is 0.415. The average Bonchev–Trinajstić information content (AvgIpc) is 2.54. The maximum atomic E-state index is 5.32. The summed E-state index contributed by atoms with van der Waals surface area (Å²) in [5, 5.41) is 6.54. The Bertz CT molecular complexity index is 467. The van der Waals surface area contributed by atoms with Crippen LogP contribution in [-0.2, 0) is 0 Å². The molecule has 0 aliphatic heterocycles. The number of hydrogen-bond acceptors (Lipinski definition) is 4. The number of anilines is 1. The minimum absolute atomic E-state index is 0.698. The maximum Gasteiger partial charge on any atom is 0.195 e. The third-order valence-corrected chi connectivity index (χ3v) is 3.71. The number of guanidine groups is 1. The summed E-state index contributed by atoms with van der Waals surface area (Å²) in [7, 11) is 3.26. The zero-order valence-corrected chi connectivity index (χ0v) is 14.8. The van der Waals surface area contributed by atoms with Gasteiger partial charge in [-0.2, -0.15) is 11.8 Å². The third kappa shape index (κ3) is 6.47. The standard InChI is InChI=1S/C16H27N3O2S/c1-5-17-16(18-10-6-7-11-22-4)19-13-8-9-14(20-2)15(12-13)21-3/h8-9,12H,5-7,10-11H2,1-4H3,(H2,17,18,19). The van der Waals surface area contributed by atoms with Gasteiger partial charge in [-0.25, -0.2) is 0 Å². The van der Waals surface area contributed by atoms with Crippen LogP contribution in [-0.4, -0.2) is 45.3 Å². The van der Waals surface area contributed by atoms with E-state index in [0.717, 1.165) is 31.2 Å². The van der Waals surface area contributed by atoms with Gasteiger partial charge in [0.05, 0.1) is 14.2 Å². The van der Waals surface area contributed by atoms with Crippen molar-refractivity contribution in [3.05, 3.63) is 18.2 Å². The van der Waals surface area contributed by atoms with E-state index in [2.05, 4.69) is 28.8 Å². The second kappa shape index (κ2) is 11.1. The highest BCUT2D eigenvalue weighted by molar-refractivity contribution is 7.98. The molecule has 0 atom stereocenters. The van der Waals surface area contributed by atoms with Crippen molar-refractivity contribution in [3.8, 4) is 11.5 Å². The molecule has 22 heavy (non-hydrogen) atoms. The first-order valence-electron chi connectivity index (χ1n) is 7.51.